The molecule has 0 aromatic heterocycles. The fourth-order valence-electron chi connectivity index (χ4n) is 3.11. The first kappa shape index (κ1) is 15.5. The molecule has 0 saturated carbocycles. The van der Waals surface area contributed by atoms with E-state index in [0.717, 1.165) is 16.8 Å². The first-order valence-corrected chi connectivity index (χ1v) is 8.03. The standard InChI is InChI=1S/C20H21NO2/c1-12(2)16-9-6-10-17(13(3)4)18(16)21-19(22)14-7-5-8-15(11-14)20(21)23/h5-13H,1-4H3. The van der Waals surface area contributed by atoms with E-state index in [1.54, 1.807) is 24.3 Å². The van der Waals surface area contributed by atoms with Crippen molar-refractivity contribution in [2.24, 2.45) is 0 Å². The van der Waals surface area contributed by atoms with Crippen molar-refractivity contribution in [3.8, 4) is 0 Å². The number of hydrogen-bond acceptors (Lipinski definition) is 2. The highest BCUT2D eigenvalue weighted by molar-refractivity contribution is 6.29. The molecule has 0 unspecified atom stereocenters. The molecule has 0 saturated heterocycles. The number of imide groups is 1. The summed E-state index contributed by atoms with van der Waals surface area (Å²) in [4.78, 5) is 27.1. The van der Waals surface area contributed by atoms with Gasteiger partial charge in [0.25, 0.3) is 11.8 Å². The Morgan fingerprint density at radius 2 is 1.17 bits per heavy atom. The van der Waals surface area contributed by atoms with Crippen molar-refractivity contribution in [3.63, 3.8) is 0 Å². The van der Waals surface area contributed by atoms with E-state index in [0.29, 0.717) is 11.1 Å². The van der Waals surface area contributed by atoms with Crippen LogP contribution in [-0.2, 0) is 0 Å². The number of anilines is 1. The molecular formula is C20H21NO2. The van der Waals surface area contributed by atoms with Crippen molar-refractivity contribution in [2.75, 3.05) is 4.90 Å². The van der Waals surface area contributed by atoms with Crippen LogP contribution in [0.4, 0.5) is 5.69 Å². The minimum Gasteiger partial charge on any atom is -0.268 e. The second kappa shape index (κ2) is 5.65. The number of carbonyl (C=O) groups is 2. The zero-order valence-electron chi connectivity index (χ0n) is 14.0. The van der Waals surface area contributed by atoms with Gasteiger partial charge in [0.2, 0.25) is 0 Å². The molecule has 2 aromatic carbocycles. The van der Waals surface area contributed by atoms with Gasteiger partial charge in [-0.3, -0.25) is 9.59 Å². The van der Waals surface area contributed by atoms with Crippen LogP contribution in [0.1, 0.15) is 71.4 Å². The highest BCUT2D eigenvalue weighted by Gasteiger charge is 2.34. The lowest BCUT2D eigenvalue weighted by Gasteiger charge is -2.31. The normalized spacial score (nSPS) is 14.1. The molecule has 1 aliphatic rings. The fourth-order valence-corrected chi connectivity index (χ4v) is 3.11. The lowest BCUT2D eigenvalue weighted by Crippen LogP contribution is -2.41. The van der Waals surface area contributed by atoms with Crippen LogP contribution in [0.3, 0.4) is 0 Å². The van der Waals surface area contributed by atoms with Crippen LogP contribution in [0.2, 0.25) is 0 Å². The van der Waals surface area contributed by atoms with Gasteiger partial charge in [-0.1, -0.05) is 52.0 Å². The lowest BCUT2D eigenvalue weighted by molar-refractivity contribution is 0.0889. The second-order valence-electron chi connectivity index (χ2n) is 6.62. The zero-order chi connectivity index (χ0) is 16.7. The average Bonchev–Trinajstić information content (AvgIpc) is 2.53. The van der Waals surface area contributed by atoms with Gasteiger partial charge in [-0.05, 0) is 41.2 Å². The molecule has 2 bridgehead atoms. The van der Waals surface area contributed by atoms with Gasteiger partial charge in [0, 0.05) is 11.1 Å². The molecule has 0 fully saturated rings. The molecular weight excluding hydrogens is 286 g/mol. The molecule has 0 atom stereocenters. The number of carbonyl (C=O) groups excluding carboxylic acids is 2. The molecule has 1 aliphatic heterocycles. The number of fused-ring (bicyclic) bond motifs is 2. The Hall–Kier alpha value is -2.42. The van der Waals surface area contributed by atoms with E-state index < -0.39 is 0 Å². The molecule has 23 heavy (non-hydrogen) atoms. The molecule has 2 amide bonds. The molecule has 3 heteroatoms. The van der Waals surface area contributed by atoms with Crippen LogP contribution in [0.5, 0.6) is 0 Å². The van der Waals surface area contributed by atoms with Gasteiger partial charge in [-0.25, -0.2) is 4.90 Å². The summed E-state index contributed by atoms with van der Waals surface area (Å²) >= 11 is 0. The molecule has 0 spiro atoms. The Balaban J connectivity index is 2.26. The first-order chi connectivity index (χ1) is 10.9. The number of para-hydroxylation sites is 1. The third kappa shape index (κ3) is 2.46. The Morgan fingerprint density at radius 1 is 0.739 bits per heavy atom. The first-order valence-electron chi connectivity index (χ1n) is 8.03. The van der Waals surface area contributed by atoms with Gasteiger partial charge >= 0.3 is 0 Å². The highest BCUT2D eigenvalue weighted by atomic mass is 16.2. The molecule has 1 heterocycles. The van der Waals surface area contributed by atoms with E-state index in [2.05, 4.69) is 27.7 Å². The van der Waals surface area contributed by atoms with Gasteiger partial charge in [-0.2, -0.15) is 0 Å². The molecule has 3 nitrogen and oxygen atoms in total. The van der Waals surface area contributed by atoms with E-state index in [4.69, 9.17) is 0 Å². The summed E-state index contributed by atoms with van der Waals surface area (Å²) in [6.07, 6.45) is 0. The van der Waals surface area contributed by atoms with Crippen LogP contribution in [0, 0.1) is 0 Å². The monoisotopic (exact) mass is 307 g/mol. The Labute approximate surface area is 136 Å². The molecule has 0 radical (unpaired) electrons. The Kier molecular flexibility index (Phi) is 3.80. The predicted molar refractivity (Wildman–Crippen MR) is 92.2 cm³/mol. The van der Waals surface area contributed by atoms with E-state index >= 15 is 0 Å². The number of amides is 2. The topological polar surface area (TPSA) is 37.4 Å². The highest BCUT2D eigenvalue weighted by Crippen LogP contribution is 2.38. The third-order valence-electron chi connectivity index (χ3n) is 4.33. The Morgan fingerprint density at radius 3 is 1.61 bits per heavy atom. The largest absolute Gasteiger partial charge is 0.268 e. The van der Waals surface area contributed by atoms with E-state index in [1.165, 1.54) is 4.90 Å². The van der Waals surface area contributed by atoms with E-state index in [1.807, 2.05) is 18.2 Å². The molecule has 3 rings (SSSR count). The average molecular weight is 307 g/mol. The maximum Gasteiger partial charge on any atom is 0.265 e. The summed E-state index contributed by atoms with van der Waals surface area (Å²) in [5, 5.41) is 0. The number of benzene rings is 2. The van der Waals surface area contributed by atoms with Crippen LogP contribution in [-0.4, -0.2) is 11.8 Å². The predicted octanol–water partition coefficient (Wildman–Crippen LogP) is 4.73. The van der Waals surface area contributed by atoms with Crippen LogP contribution in [0.25, 0.3) is 0 Å². The minimum absolute atomic E-state index is 0.226. The van der Waals surface area contributed by atoms with Gasteiger partial charge in [-0.15, -0.1) is 0 Å². The van der Waals surface area contributed by atoms with Gasteiger partial charge in [0.1, 0.15) is 0 Å². The summed E-state index contributed by atoms with van der Waals surface area (Å²) in [6.45, 7) is 8.34. The van der Waals surface area contributed by atoms with Crippen LogP contribution >= 0.6 is 0 Å². The fraction of sp³-hybridized carbons (Fsp3) is 0.300. The zero-order valence-corrected chi connectivity index (χ0v) is 14.0. The number of hydrogen-bond donors (Lipinski definition) is 0. The van der Waals surface area contributed by atoms with Crippen molar-refractivity contribution < 1.29 is 9.59 Å². The lowest BCUT2D eigenvalue weighted by atomic mass is 9.90. The van der Waals surface area contributed by atoms with Gasteiger partial charge in [0.15, 0.2) is 0 Å². The summed E-state index contributed by atoms with van der Waals surface area (Å²) in [5.41, 5.74) is 3.95. The van der Waals surface area contributed by atoms with Gasteiger partial charge < -0.3 is 0 Å². The molecule has 118 valence electrons. The smallest absolute Gasteiger partial charge is 0.265 e. The Bertz CT molecular complexity index is 732. The molecule has 0 aliphatic carbocycles. The summed E-state index contributed by atoms with van der Waals surface area (Å²) < 4.78 is 0. The van der Waals surface area contributed by atoms with Crippen molar-refractivity contribution in [2.45, 2.75) is 39.5 Å². The SMILES string of the molecule is CC(C)c1cccc(C(C)C)c1N1C(=O)c2cccc(c2)C1=O. The van der Waals surface area contributed by atoms with Crippen molar-refractivity contribution in [1.29, 1.82) is 0 Å². The third-order valence-corrected chi connectivity index (χ3v) is 4.33. The summed E-state index contributed by atoms with van der Waals surface area (Å²) in [5.74, 6) is -0.0228. The maximum absolute atomic E-state index is 12.9. The van der Waals surface area contributed by atoms with Crippen molar-refractivity contribution in [3.05, 3.63) is 64.7 Å². The van der Waals surface area contributed by atoms with Crippen molar-refractivity contribution in [1.82, 2.24) is 0 Å². The van der Waals surface area contributed by atoms with Crippen LogP contribution < -0.4 is 4.90 Å². The van der Waals surface area contributed by atoms with Crippen molar-refractivity contribution >= 4 is 17.5 Å². The maximum atomic E-state index is 12.9. The summed E-state index contributed by atoms with van der Waals surface area (Å²) in [6, 6.07) is 13.0. The number of nitrogens with zero attached hydrogens (tertiary/aromatic N) is 1. The quantitative estimate of drug-likeness (QED) is 0.768. The van der Waals surface area contributed by atoms with Crippen LogP contribution in [0.15, 0.2) is 42.5 Å². The number of rotatable bonds is 3. The van der Waals surface area contributed by atoms with E-state index in [9.17, 15) is 9.59 Å². The second-order valence-corrected chi connectivity index (χ2v) is 6.62. The van der Waals surface area contributed by atoms with E-state index in [-0.39, 0.29) is 23.7 Å². The van der Waals surface area contributed by atoms with Gasteiger partial charge in [0.05, 0.1) is 5.69 Å². The molecule has 2 aromatic rings. The summed E-state index contributed by atoms with van der Waals surface area (Å²) in [7, 11) is 0. The molecule has 0 N–H and O–H groups in total. The minimum atomic E-state index is -0.238.